The highest BCUT2D eigenvalue weighted by Gasteiger charge is 2.10. The molecule has 1 aromatic carbocycles. The Morgan fingerprint density at radius 2 is 2.08 bits per heavy atom. The molecule has 0 aliphatic rings. The molecule has 2 aromatic heterocycles. The molecule has 7 nitrogen and oxygen atoms in total. The summed E-state index contributed by atoms with van der Waals surface area (Å²) < 4.78 is 3.17. The van der Waals surface area contributed by atoms with Gasteiger partial charge in [-0.3, -0.25) is 15.5 Å². The van der Waals surface area contributed by atoms with Crippen LogP contribution in [0.3, 0.4) is 0 Å². The second-order valence-electron chi connectivity index (χ2n) is 5.67. The fourth-order valence-corrected chi connectivity index (χ4v) is 3.05. The van der Waals surface area contributed by atoms with Crippen molar-refractivity contribution < 1.29 is 4.92 Å². The number of nitro groups is 1. The van der Waals surface area contributed by atoms with E-state index in [1.165, 1.54) is 18.3 Å². The van der Waals surface area contributed by atoms with Gasteiger partial charge in [-0.1, -0.05) is 22.0 Å². The highest BCUT2D eigenvalue weighted by molar-refractivity contribution is 9.10. The maximum absolute atomic E-state index is 10.6. The van der Waals surface area contributed by atoms with Crippen LogP contribution in [-0.2, 0) is 0 Å². The van der Waals surface area contributed by atoms with Crippen molar-refractivity contribution in [2.75, 3.05) is 5.43 Å². The van der Waals surface area contributed by atoms with Crippen molar-refractivity contribution in [2.24, 2.45) is 5.10 Å². The van der Waals surface area contributed by atoms with Gasteiger partial charge in [0, 0.05) is 33.2 Å². The molecule has 3 rings (SSSR count). The van der Waals surface area contributed by atoms with Crippen LogP contribution < -0.4 is 5.43 Å². The number of anilines is 1. The van der Waals surface area contributed by atoms with E-state index in [2.05, 4.69) is 42.1 Å². The van der Waals surface area contributed by atoms with Crippen LogP contribution in [0, 0.1) is 24.0 Å². The minimum Gasteiger partial charge on any atom is -0.318 e. The fraction of sp³-hybridized carbons (Fsp3) is 0.111. The Balaban J connectivity index is 1.79. The Bertz CT molecular complexity index is 980. The smallest absolute Gasteiger partial charge is 0.287 e. The van der Waals surface area contributed by atoms with Crippen molar-refractivity contribution in [2.45, 2.75) is 13.8 Å². The molecule has 0 amide bonds. The van der Waals surface area contributed by atoms with Crippen molar-refractivity contribution >= 4 is 33.6 Å². The molecule has 132 valence electrons. The molecule has 1 N–H and O–H groups in total. The monoisotopic (exact) mass is 413 g/mol. The molecular formula is C18H16BrN5O2. The van der Waals surface area contributed by atoms with E-state index in [1.807, 2.05) is 38.1 Å². The zero-order valence-electron chi connectivity index (χ0n) is 14.2. The molecule has 0 atom stereocenters. The first kappa shape index (κ1) is 17.8. The molecule has 0 aliphatic heterocycles. The molecule has 0 saturated carbocycles. The number of hydrazone groups is 1. The second-order valence-corrected chi connectivity index (χ2v) is 6.59. The van der Waals surface area contributed by atoms with Gasteiger partial charge < -0.3 is 4.57 Å². The van der Waals surface area contributed by atoms with Crippen molar-refractivity contribution in [1.82, 2.24) is 9.55 Å². The summed E-state index contributed by atoms with van der Waals surface area (Å²) in [4.78, 5) is 14.1. The van der Waals surface area contributed by atoms with E-state index < -0.39 is 4.92 Å². The topological polar surface area (TPSA) is 85.3 Å². The number of rotatable bonds is 5. The molecular weight excluding hydrogens is 398 g/mol. The average Bonchev–Trinajstić information content (AvgIpc) is 2.89. The molecule has 2 heterocycles. The standard InChI is InChI=1S/C18H16BrN5O2/c1-12-8-14(13(2)23(12)16-5-3-4-15(19)9-16)10-21-22-18-7-6-17(11-20-18)24(25)26/h3-11H,1-2H3,(H,20,22)/b21-10-. The number of pyridine rings is 1. The second kappa shape index (κ2) is 7.49. The number of aromatic nitrogens is 2. The molecule has 0 fully saturated rings. The van der Waals surface area contributed by atoms with Gasteiger partial charge in [0.05, 0.1) is 11.1 Å². The van der Waals surface area contributed by atoms with Crippen LogP contribution in [0.2, 0.25) is 0 Å². The molecule has 0 aliphatic carbocycles. The molecule has 0 spiro atoms. The highest BCUT2D eigenvalue weighted by atomic mass is 79.9. The lowest BCUT2D eigenvalue weighted by Gasteiger charge is -2.09. The van der Waals surface area contributed by atoms with Gasteiger partial charge >= 0.3 is 0 Å². The van der Waals surface area contributed by atoms with E-state index in [1.54, 1.807) is 6.21 Å². The summed E-state index contributed by atoms with van der Waals surface area (Å²) in [7, 11) is 0. The van der Waals surface area contributed by atoms with Gasteiger partial charge in [-0.2, -0.15) is 5.10 Å². The Hall–Kier alpha value is -3.00. The lowest BCUT2D eigenvalue weighted by Crippen LogP contribution is -2.00. The van der Waals surface area contributed by atoms with Gasteiger partial charge in [0.2, 0.25) is 0 Å². The molecule has 0 saturated heterocycles. The predicted octanol–water partition coefficient (Wildman–Crippen LogP) is 4.61. The van der Waals surface area contributed by atoms with Crippen LogP contribution >= 0.6 is 15.9 Å². The molecule has 0 bridgehead atoms. The fourth-order valence-electron chi connectivity index (χ4n) is 2.66. The summed E-state index contributed by atoms with van der Waals surface area (Å²) in [6, 6.07) is 13.0. The van der Waals surface area contributed by atoms with E-state index in [0.717, 1.165) is 27.1 Å². The number of hydrogen-bond acceptors (Lipinski definition) is 5. The largest absolute Gasteiger partial charge is 0.318 e. The van der Waals surface area contributed by atoms with Gasteiger partial charge in [-0.15, -0.1) is 0 Å². The zero-order valence-corrected chi connectivity index (χ0v) is 15.8. The Morgan fingerprint density at radius 1 is 1.27 bits per heavy atom. The normalized spacial score (nSPS) is 11.0. The first-order valence-corrected chi connectivity index (χ1v) is 8.59. The Labute approximate surface area is 158 Å². The third-order valence-electron chi connectivity index (χ3n) is 3.88. The summed E-state index contributed by atoms with van der Waals surface area (Å²) >= 11 is 3.50. The van der Waals surface area contributed by atoms with E-state index >= 15 is 0 Å². The molecule has 0 radical (unpaired) electrons. The van der Waals surface area contributed by atoms with Crippen LogP contribution in [0.5, 0.6) is 0 Å². The predicted molar refractivity (Wildman–Crippen MR) is 105 cm³/mol. The number of halogens is 1. The highest BCUT2D eigenvalue weighted by Crippen LogP contribution is 2.22. The van der Waals surface area contributed by atoms with Gasteiger partial charge in [0.15, 0.2) is 0 Å². The maximum Gasteiger partial charge on any atom is 0.287 e. The van der Waals surface area contributed by atoms with Crippen LogP contribution in [0.15, 0.2) is 58.2 Å². The average molecular weight is 414 g/mol. The minimum atomic E-state index is -0.489. The maximum atomic E-state index is 10.6. The summed E-state index contributed by atoms with van der Waals surface area (Å²) in [6.45, 7) is 4.07. The number of aryl methyl sites for hydroxylation is 1. The van der Waals surface area contributed by atoms with E-state index in [4.69, 9.17) is 0 Å². The number of benzene rings is 1. The first-order valence-electron chi connectivity index (χ1n) is 7.80. The minimum absolute atomic E-state index is 0.0582. The quantitative estimate of drug-likeness (QED) is 0.376. The first-order chi connectivity index (χ1) is 12.5. The van der Waals surface area contributed by atoms with Crippen LogP contribution in [0.4, 0.5) is 11.5 Å². The van der Waals surface area contributed by atoms with Crippen LogP contribution in [-0.4, -0.2) is 20.7 Å². The van der Waals surface area contributed by atoms with E-state index in [0.29, 0.717) is 5.82 Å². The van der Waals surface area contributed by atoms with Crippen molar-refractivity contribution in [3.05, 3.63) is 80.2 Å². The molecule has 0 unspecified atom stereocenters. The van der Waals surface area contributed by atoms with E-state index in [-0.39, 0.29) is 5.69 Å². The van der Waals surface area contributed by atoms with Crippen molar-refractivity contribution in [1.29, 1.82) is 0 Å². The third kappa shape index (κ3) is 3.80. The lowest BCUT2D eigenvalue weighted by molar-refractivity contribution is -0.385. The van der Waals surface area contributed by atoms with E-state index in [9.17, 15) is 10.1 Å². The number of hydrogen-bond donors (Lipinski definition) is 1. The van der Waals surface area contributed by atoms with Crippen molar-refractivity contribution in [3.8, 4) is 5.69 Å². The Kier molecular flexibility index (Phi) is 5.13. The van der Waals surface area contributed by atoms with Gasteiger partial charge in [-0.25, -0.2) is 4.98 Å². The molecule has 8 heteroatoms. The molecule has 3 aromatic rings. The van der Waals surface area contributed by atoms with Gasteiger partial charge in [0.1, 0.15) is 12.0 Å². The Morgan fingerprint density at radius 3 is 2.73 bits per heavy atom. The summed E-state index contributed by atoms with van der Waals surface area (Å²) in [5.74, 6) is 0.438. The number of nitrogens with one attached hydrogen (secondary N) is 1. The SMILES string of the molecule is Cc1cc(/C=N\Nc2ccc([N+](=O)[O-])cn2)c(C)n1-c1cccc(Br)c1. The third-order valence-corrected chi connectivity index (χ3v) is 4.37. The van der Waals surface area contributed by atoms with Gasteiger partial charge in [-0.05, 0) is 44.2 Å². The summed E-state index contributed by atoms with van der Waals surface area (Å²) in [6.07, 6.45) is 2.90. The van der Waals surface area contributed by atoms with Crippen molar-refractivity contribution in [3.63, 3.8) is 0 Å². The van der Waals surface area contributed by atoms with Gasteiger partial charge in [0.25, 0.3) is 5.69 Å². The van der Waals surface area contributed by atoms with Crippen LogP contribution in [0.1, 0.15) is 17.0 Å². The lowest BCUT2D eigenvalue weighted by atomic mass is 10.2. The zero-order chi connectivity index (χ0) is 18.7. The summed E-state index contributed by atoms with van der Waals surface area (Å²) in [5.41, 5.74) is 6.91. The molecule has 26 heavy (non-hydrogen) atoms. The van der Waals surface area contributed by atoms with Crippen LogP contribution in [0.25, 0.3) is 5.69 Å². The summed E-state index contributed by atoms with van der Waals surface area (Å²) in [5, 5.41) is 14.8. The number of nitrogens with zero attached hydrogens (tertiary/aromatic N) is 4.